The highest BCUT2D eigenvalue weighted by atomic mass is 16.5. The van der Waals surface area contributed by atoms with E-state index >= 15 is 0 Å². The van der Waals surface area contributed by atoms with Crippen molar-refractivity contribution in [2.45, 2.75) is 27.7 Å². The number of ether oxygens (including phenoxy) is 1. The van der Waals surface area contributed by atoms with Gasteiger partial charge >= 0.3 is 0 Å². The third kappa shape index (κ3) is 2.33. The second-order valence-corrected chi connectivity index (χ2v) is 4.78. The van der Waals surface area contributed by atoms with E-state index in [2.05, 4.69) is 32.9 Å². The Hall–Kier alpha value is -1.96. The number of anilines is 1. The van der Waals surface area contributed by atoms with E-state index < -0.39 is 0 Å². The molecule has 0 aliphatic carbocycles. The van der Waals surface area contributed by atoms with Crippen LogP contribution in [0.4, 0.5) is 5.69 Å². The first-order valence-corrected chi connectivity index (χ1v) is 6.10. The van der Waals surface area contributed by atoms with E-state index in [0.29, 0.717) is 0 Å². The number of rotatable bonds is 2. The number of nitrogens with two attached hydrogens (primary N) is 1. The lowest BCUT2D eigenvalue weighted by atomic mass is 10.1. The minimum absolute atomic E-state index is 0.762. The molecule has 0 spiro atoms. The van der Waals surface area contributed by atoms with Crippen LogP contribution in [-0.4, -0.2) is 0 Å². The Morgan fingerprint density at radius 3 is 2.17 bits per heavy atom. The van der Waals surface area contributed by atoms with Crippen LogP contribution in [-0.2, 0) is 0 Å². The predicted octanol–water partition coefficient (Wildman–Crippen LogP) is 4.29. The van der Waals surface area contributed by atoms with Gasteiger partial charge in [-0.25, -0.2) is 0 Å². The highest BCUT2D eigenvalue weighted by Crippen LogP contribution is 2.32. The Bertz CT molecular complexity index is 588. The summed E-state index contributed by atoms with van der Waals surface area (Å²) in [5.41, 5.74) is 11.1. The van der Waals surface area contributed by atoms with Crippen molar-refractivity contribution in [2.24, 2.45) is 0 Å². The van der Waals surface area contributed by atoms with Crippen molar-refractivity contribution in [1.82, 2.24) is 0 Å². The van der Waals surface area contributed by atoms with Crippen LogP contribution < -0.4 is 10.5 Å². The van der Waals surface area contributed by atoms with Crippen molar-refractivity contribution < 1.29 is 4.74 Å². The number of nitrogen functional groups attached to an aromatic ring is 1. The van der Waals surface area contributed by atoms with Crippen LogP contribution in [0.1, 0.15) is 22.3 Å². The van der Waals surface area contributed by atoms with Gasteiger partial charge in [0.15, 0.2) is 0 Å². The van der Waals surface area contributed by atoms with E-state index in [-0.39, 0.29) is 0 Å². The van der Waals surface area contributed by atoms with Crippen molar-refractivity contribution in [1.29, 1.82) is 0 Å². The van der Waals surface area contributed by atoms with Crippen molar-refractivity contribution in [2.75, 3.05) is 5.73 Å². The van der Waals surface area contributed by atoms with Gasteiger partial charge < -0.3 is 10.5 Å². The molecule has 0 saturated carbocycles. The van der Waals surface area contributed by atoms with Gasteiger partial charge in [0.05, 0.1) is 0 Å². The maximum absolute atomic E-state index is 6.05. The molecule has 2 rings (SSSR count). The first kappa shape index (κ1) is 12.5. The number of hydrogen-bond acceptors (Lipinski definition) is 2. The molecule has 0 heterocycles. The number of hydrogen-bond donors (Lipinski definition) is 1. The number of aryl methyl sites for hydroxylation is 3. The van der Waals surface area contributed by atoms with Crippen LogP contribution in [0.15, 0.2) is 30.3 Å². The van der Waals surface area contributed by atoms with Gasteiger partial charge in [-0.05, 0) is 68.1 Å². The predicted molar refractivity (Wildman–Crippen MR) is 76.3 cm³/mol. The summed E-state index contributed by atoms with van der Waals surface area (Å²) in [4.78, 5) is 0. The lowest BCUT2D eigenvalue weighted by Gasteiger charge is -2.15. The van der Waals surface area contributed by atoms with Crippen molar-refractivity contribution in [3.05, 3.63) is 52.6 Å². The molecule has 0 aromatic heterocycles. The van der Waals surface area contributed by atoms with E-state index in [1.807, 2.05) is 25.1 Å². The van der Waals surface area contributed by atoms with Crippen LogP contribution >= 0.6 is 0 Å². The molecule has 2 heteroatoms. The fourth-order valence-corrected chi connectivity index (χ4v) is 1.98. The topological polar surface area (TPSA) is 35.2 Å². The van der Waals surface area contributed by atoms with Gasteiger partial charge in [0, 0.05) is 5.69 Å². The minimum atomic E-state index is 0.762. The quantitative estimate of drug-likeness (QED) is 0.796. The molecule has 0 bridgehead atoms. The van der Waals surface area contributed by atoms with Crippen molar-refractivity contribution in [3.8, 4) is 11.5 Å². The summed E-state index contributed by atoms with van der Waals surface area (Å²) >= 11 is 0. The summed E-state index contributed by atoms with van der Waals surface area (Å²) in [5.74, 6) is 1.81. The largest absolute Gasteiger partial charge is 0.457 e. The second kappa shape index (κ2) is 4.73. The van der Waals surface area contributed by atoms with Gasteiger partial charge in [0.25, 0.3) is 0 Å². The molecule has 0 aliphatic heterocycles. The minimum Gasteiger partial charge on any atom is -0.457 e. The normalized spacial score (nSPS) is 10.4. The fraction of sp³-hybridized carbons (Fsp3) is 0.250. The molecule has 2 nitrogen and oxygen atoms in total. The highest BCUT2D eigenvalue weighted by molar-refractivity contribution is 5.51. The molecule has 0 fully saturated rings. The molecular formula is C16H19NO. The Morgan fingerprint density at radius 2 is 1.50 bits per heavy atom. The molecule has 0 atom stereocenters. The Morgan fingerprint density at radius 1 is 0.833 bits per heavy atom. The van der Waals surface area contributed by atoms with Crippen LogP contribution in [0, 0.1) is 27.7 Å². The molecule has 2 aromatic rings. The van der Waals surface area contributed by atoms with Crippen LogP contribution in [0.2, 0.25) is 0 Å². The van der Waals surface area contributed by atoms with Crippen molar-refractivity contribution in [3.63, 3.8) is 0 Å². The molecule has 0 saturated heterocycles. The van der Waals surface area contributed by atoms with Gasteiger partial charge in [-0.15, -0.1) is 0 Å². The zero-order valence-electron chi connectivity index (χ0n) is 11.4. The van der Waals surface area contributed by atoms with Gasteiger partial charge in [-0.3, -0.25) is 0 Å². The highest BCUT2D eigenvalue weighted by Gasteiger charge is 2.09. The third-order valence-corrected chi connectivity index (χ3v) is 3.28. The first-order valence-electron chi connectivity index (χ1n) is 6.10. The summed E-state index contributed by atoms with van der Waals surface area (Å²) in [6.45, 7) is 8.25. The average molecular weight is 241 g/mol. The SMILES string of the molecule is Cc1cc(N)ccc1Oc1c(C)ccc(C)c1C. The van der Waals surface area contributed by atoms with E-state index in [1.54, 1.807) is 0 Å². The standard InChI is InChI=1S/C16H19NO/c1-10-5-6-11(2)16(13(10)4)18-15-8-7-14(17)9-12(15)3/h5-9H,17H2,1-4H3. The zero-order chi connectivity index (χ0) is 13.3. The second-order valence-electron chi connectivity index (χ2n) is 4.78. The molecule has 0 unspecified atom stereocenters. The molecule has 2 aromatic carbocycles. The smallest absolute Gasteiger partial charge is 0.133 e. The maximum atomic E-state index is 6.05. The zero-order valence-corrected chi connectivity index (χ0v) is 11.4. The molecular weight excluding hydrogens is 222 g/mol. The maximum Gasteiger partial charge on any atom is 0.133 e. The first-order chi connectivity index (χ1) is 8.49. The molecule has 94 valence electrons. The van der Waals surface area contributed by atoms with Gasteiger partial charge in [0.2, 0.25) is 0 Å². The molecule has 0 aliphatic rings. The van der Waals surface area contributed by atoms with Crippen LogP contribution in [0.3, 0.4) is 0 Å². The summed E-state index contributed by atoms with van der Waals surface area (Å²) < 4.78 is 6.05. The Kier molecular flexibility index (Phi) is 3.28. The van der Waals surface area contributed by atoms with E-state index in [1.165, 1.54) is 11.1 Å². The molecule has 18 heavy (non-hydrogen) atoms. The lowest BCUT2D eigenvalue weighted by Crippen LogP contribution is -1.95. The summed E-state index contributed by atoms with van der Waals surface area (Å²) in [7, 11) is 0. The monoisotopic (exact) mass is 241 g/mol. The lowest BCUT2D eigenvalue weighted by molar-refractivity contribution is 0.471. The summed E-state index contributed by atoms with van der Waals surface area (Å²) in [5, 5.41) is 0. The Labute approximate surface area is 108 Å². The average Bonchev–Trinajstić information content (AvgIpc) is 2.32. The summed E-state index contributed by atoms with van der Waals surface area (Å²) in [6, 6.07) is 9.92. The van der Waals surface area contributed by atoms with Crippen LogP contribution in [0.25, 0.3) is 0 Å². The Balaban J connectivity index is 2.43. The molecule has 0 radical (unpaired) electrons. The van der Waals surface area contributed by atoms with Gasteiger partial charge in [0.1, 0.15) is 11.5 Å². The van der Waals surface area contributed by atoms with E-state index in [9.17, 15) is 0 Å². The van der Waals surface area contributed by atoms with Crippen LogP contribution in [0.5, 0.6) is 11.5 Å². The third-order valence-electron chi connectivity index (χ3n) is 3.28. The van der Waals surface area contributed by atoms with E-state index in [0.717, 1.165) is 28.3 Å². The van der Waals surface area contributed by atoms with Gasteiger partial charge in [-0.1, -0.05) is 12.1 Å². The van der Waals surface area contributed by atoms with Crippen molar-refractivity contribution >= 4 is 5.69 Å². The van der Waals surface area contributed by atoms with E-state index in [4.69, 9.17) is 10.5 Å². The number of benzene rings is 2. The molecule has 0 amide bonds. The van der Waals surface area contributed by atoms with Gasteiger partial charge in [-0.2, -0.15) is 0 Å². The summed E-state index contributed by atoms with van der Waals surface area (Å²) in [6.07, 6.45) is 0. The molecule has 2 N–H and O–H groups in total. The fourth-order valence-electron chi connectivity index (χ4n) is 1.98.